The molecule has 0 amide bonds. The van der Waals surface area contributed by atoms with Crippen LogP contribution in [0.25, 0.3) is 5.32 Å². The van der Waals surface area contributed by atoms with Gasteiger partial charge in [-0.25, -0.2) is 0 Å². The Morgan fingerprint density at radius 3 is 2.25 bits per heavy atom. The predicted octanol–water partition coefficient (Wildman–Crippen LogP) is 5.09. The van der Waals surface area contributed by atoms with Crippen molar-refractivity contribution in [2.75, 3.05) is 26.2 Å². The SMILES string of the molecule is C#C[C@H]1CC([Si](C)(C)N2CC[N-]CC2)C2C=CC=CC21.[CH3-].[Cl][Ti][Cl]. The molecule has 1 saturated carbocycles. The number of rotatable bonds is 2. The van der Waals surface area contributed by atoms with Crippen LogP contribution in [0.3, 0.4) is 0 Å². The summed E-state index contributed by atoms with van der Waals surface area (Å²) in [7, 11) is 8.33. The molecule has 0 aromatic heterocycles. The van der Waals surface area contributed by atoms with E-state index < -0.39 is 25.3 Å². The minimum atomic E-state index is -1.44. The van der Waals surface area contributed by atoms with Gasteiger partial charge in [0.1, 0.15) is 8.24 Å². The molecule has 134 valence electrons. The van der Waals surface area contributed by atoms with E-state index in [1.807, 2.05) is 0 Å². The zero-order valence-corrected chi connectivity index (χ0v) is 19.0. The maximum atomic E-state index is 5.80. The fourth-order valence-corrected chi connectivity index (χ4v) is 8.32. The summed E-state index contributed by atoms with van der Waals surface area (Å²) in [6, 6.07) is 0. The van der Waals surface area contributed by atoms with Crippen LogP contribution in [0.2, 0.25) is 18.6 Å². The fourth-order valence-electron chi connectivity index (χ4n) is 4.39. The molecule has 0 spiro atoms. The molecule has 0 aromatic rings. The van der Waals surface area contributed by atoms with Gasteiger partial charge in [-0.15, -0.1) is 25.4 Å². The first-order valence-corrected chi connectivity index (χ1v) is 15.5. The van der Waals surface area contributed by atoms with Crippen LogP contribution >= 0.6 is 18.6 Å². The normalized spacial score (nSPS) is 32.0. The Kier molecular flexibility index (Phi) is 9.92. The van der Waals surface area contributed by atoms with Crippen molar-refractivity contribution < 1.29 is 17.0 Å². The van der Waals surface area contributed by atoms with Crippen molar-refractivity contribution in [2.45, 2.75) is 25.1 Å². The van der Waals surface area contributed by atoms with Crippen LogP contribution in [0.1, 0.15) is 6.42 Å². The summed E-state index contributed by atoms with van der Waals surface area (Å²) in [5, 5.41) is 4.50. The molecule has 2 aliphatic carbocycles. The molecule has 2 nitrogen and oxygen atoms in total. The number of hydrogen-bond acceptors (Lipinski definition) is 1. The topological polar surface area (TPSA) is 17.3 Å². The fraction of sp³-hybridized carbons (Fsp3) is 0.611. The number of hydrogen-bond donors (Lipinski definition) is 0. The summed E-state index contributed by atoms with van der Waals surface area (Å²) in [6.45, 7) is 9.45. The Labute approximate surface area is 166 Å². The van der Waals surface area contributed by atoms with Crippen molar-refractivity contribution in [3.05, 3.63) is 37.0 Å². The molecular formula is C18H28Cl2N2SiTi-2. The average molecular weight is 419 g/mol. The monoisotopic (exact) mass is 418 g/mol. The zero-order valence-electron chi connectivity index (χ0n) is 14.9. The van der Waals surface area contributed by atoms with E-state index in [4.69, 9.17) is 25.0 Å². The van der Waals surface area contributed by atoms with Crippen LogP contribution in [0, 0.1) is 37.5 Å². The van der Waals surface area contributed by atoms with Gasteiger partial charge in [-0.3, -0.25) is 0 Å². The first-order chi connectivity index (χ1) is 11.1. The van der Waals surface area contributed by atoms with Crippen molar-refractivity contribution in [3.8, 4) is 12.3 Å². The Morgan fingerprint density at radius 2 is 1.71 bits per heavy atom. The number of terminal acetylenes is 1. The Morgan fingerprint density at radius 1 is 1.17 bits per heavy atom. The second kappa shape index (κ2) is 10.6. The van der Waals surface area contributed by atoms with E-state index in [-0.39, 0.29) is 7.43 Å². The molecule has 0 bridgehead atoms. The van der Waals surface area contributed by atoms with Crippen LogP contribution in [-0.2, 0) is 17.0 Å². The average Bonchev–Trinajstić information content (AvgIpc) is 2.96. The second-order valence-electron chi connectivity index (χ2n) is 6.92. The van der Waals surface area contributed by atoms with Gasteiger partial charge < -0.3 is 17.3 Å². The molecule has 3 rings (SSSR count). The van der Waals surface area contributed by atoms with E-state index in [1.54, 1.807) is 0 Å². The molecule has 1 aliphatic heterocycles. The van der Waals surface area contributed by atoms with E-state index >= 15 is 0 Å². The number of piperazine rings is 1. The molecule has 0 N–H and O–H groups in total. The second-order valence-corrected chi connectivity index (χ2v) is 14.2. The Bertz CT molecular complexity index is 484. The molecule has 2 fully saturated rings. The van der Waals surface area contributed by atoms with Crippen LogP contribution in [0.4, 0.5) is 0 Å². The molecule has 3 aliphatic rings. The zero-order chi connectivity index (χ0) is 16.9. The van der Waals surface area contributed by atoms with Gasteiger partial charge in [0, 0.05) is 5.92 Å². The van der Waals surface area contributed by atoms with Gasteiger partial charge in [0.05, 0.1) is 0 Å². The van der Waals surface area contributed by atoms with Crippen molar-refractivity contribution >= 4 is 26.8 Å². The van der Waals surface area contributed by atoms with Gasteiger partial charge in [-0.2, -0.15) is 0 Å². The standard InChI is InChI=1S/C17H25N2Si.CH3.2ClH.Ti/c1-4-14-13-17(16-8-6-5-7-15(14)16)20(2,3)19-11-9-18-10-12-19;;;;/h1,5-8,14-17H,9-13H2,2-3H3;1H3;2*1H;/q2*-1;;;+2/p-2/t14-,15?,16?,17?;;;;/m0..../s1. The van der Waals surface area contributed by atoms with Gasteiger partial charge in [0.25, 0.3) is 0 Å². The van der Waals surface area contributed by atoms with Crippen molar-refractivity contribution in [2.24, 2.45) is 17.8 Å². The van der Waals surface area contributed by atoms with Crippen LogP contribution < -0.4 is 0 Å². The molecule has 6 heteroatoms. The van der Waals surface area contributed by atoms with Crippen molar-refractivity contribution in [1.82, 2.24) is 4.57 Å². The molecular weight excluding hydrogens is 391 g/mol. The first-order valence-electron chi connectivity index (χ1n) is 8.22. The summed E-state index contributed by atoms with van der Waals surface area (Å²) in [5.74, 6) is 4.75. The van der Waals surface area contributed by atoms with E-state index in [1.165, 1.54) is 6.42 Å². The third kappa shape index (κ3) is 5.01. The minimum absolute atomic E-state index is 0. The van der Waals surface area contributed by atoms with Crippen LogP contribution in [0.5, 0.6) is 0 Å². The number of fused-ring (bicyclic) bond motifs is 1. The first kappa shape index (κ1) is 22.5. The molecule has 1 saturated heterocycles. The molecule has 3 unspecified atom stereocenters. The van der Waals surface area contributed by atoms with E-state index in [0.29, 0.717) is 17.8 Å². The summed E-state index contributed by atoms with van der Waals surface area (Å²) in [4.78, 5) is 0. The molecule has 24 heavy (non-hydrogen) atoms. The summed E-state index contributed by atoms with van der Waals surface area (Å²) < 4.78 is 2.77. The summed E-state index contributed by atoms with van der Waals surface area (Å²) >= 11 is -0.556. The third-order valence-corrected chi connectivity index (χ3v) is 10.2. The van der Waals surface area contributed by atoms with Crippen molar-refractivity contribution in [3.63, 3.8) is 0 Å². The summed E-state index contributed by atoms with van der Waals surface area (Å²) in [6.07, 6.45) is 16.2. The van der Waals surface area contributed by atoms with E-state index in [2.05, 4.69) is 53.2 Å². The molecule has 4 atom stereocenters. The predicted molar refractivity (Wildman–Crippen MR) is 106 cm³/mol. The quantitative estimate of drug-likeness (QED) is 0.346. The van der Waals surface area contributed by atoms with E-state index in [9.17, 15) is 0 Å². The van der Waals surface area contributed by atoms with Gasteiger partial charge in [-0.1, -0.05) is 37.4 Å². The molecule has 1 heterocycles. The molecule has 0 radical (unpaired) electrons. The van der Waals surface area contributed by atoms with Gasteiger partial charge in [-0.05, 0) is 36.9 Å². The summed E-state index contributed by atoms with van der Waals surface area (Å²) in [5.41, 5.74) is 0.785. The number of halogens is 2. The molecule has 0 aromatic carbocycles. The van der Waals surface area contributed by atoms with Crippen LogP contribution in [-0.4, -0.2) is 39.0 Å². The number of allylic oxidation sites excluding steroid dienone is 4. The van der Waals surface area contributed by atoms with Crippen LogP contribution in [0.15, 0.2) is 24.3 Å². The maximum absolute atomic E-state index is 5.80. The third-order valence-electron chi connectivity index (χ3n) is 5.65. The van der Waals surface area contributed by atoms with Gasteiger partial charge >= 0.3 is 35.6 Å². The van der Waals surface area contributed by atoms with Gasteiger partial charge in [0.15, 0.2) is 0 Å². The van der Waals surface area contributed by atoms with Gasteiger partial charge in [0.2, 0.25) is 0 Å². The Balaban J connectivity index is 0.000000671. The Hall–Kier alpha value is 0.471. The van der Waals surface area contributed by atoms with Crippen molar-refractivity contribution in [1.29, 1.82) is 0 Å². The van der Waals surface area contributed by atoms with E-state index in [0.717, 1.165) is 31.7 Å². The number of nitrogens with zero attached hydrogens (tertiary/aromatic N) is 2.